The number of anilines is 1. The molecule has 1 saturated carbocycles. The Labute approximate surface area is 193 Å². The Morgan fingerprint density at radius 1 is 1.09 bits per heavy atom. The second-order valence-corrected chi connectivity index (χ2v) is 10.2. The smallest absolute Gasteiger partial charge is 0.410 e. The van der Waals surface area contributed by atoms with Crippen molar-refractivity contribution in [1.29, 1.82) is 0 Å². The average Bonchev–Trinajstić information content (AvgIpc) is 3.37. The van der Waals surface area contributed by atoms with Gasteiger partial charge in [0.2, 0.25) is 5.91 Å². The molecule has 1 aromatic carbocycles. The van der Waals surface area contributed by atoms with Crippen LogP contribution in [0.15, 0.2) is 24.3 Å². The third-order valence-corrected chi connectivity index (χ3v) is 6.72. The number of H-pyrrole nitrogens is 1. The van der Waals surface area contributed by atoms with Crippen LogP contribution in [0.4, 0.5) is 10.5 Å². The highest BCUT2D eigenvalue weighted by atomic mass is 16.6. The monoisotopic (exact) mass is 455 g/mol. The second-order valence-electron chi connectivity index (χ2n) is 10.2. The average molecular weight is 456 g/mol. The highest BCUT2D eigenvalue weighted by molar-refractivity contribution is 6.00. The van der Waals surface area contributed by atoms with Crippen molar-refractivity contribution in [1.82, 2.24) is 9.88 Å². The number of aromatic carboxylic acids is 1. The van der Waals surface area contributed by atoms with Crippen molar-refractivity contribution in [2.24, 2.45) is 11.8 Å². The third-order valence-electron chi connectivity index (χ3n) is 6.72. The van der Waals surface area contributed by atoms with E-state index in [1.54, 1.807) is 29.2 Å². The molecule has 2 fully saturated rings. The number of carbonyl (C=O) groups excluding carboxylic acids is 2. The number of aromatic nitrogens is 1. The van der Waals surface area contributed by atoms with Crippen LogP contribution in [0.25, 0.3) is 10.9 Å². The van der Waals surface area contributed by atoms with Crippen molar-refractivity contribution in [3.63, 3.8) is 0 Å². The summed E-state index contributed by atoms with van der Waals surface area (Å²) in [4.78, 5) is 42.2. The van der Waals surface area contributed by atoms with E-state index in [9.17, 15) is 19.5 Å². The molecule has 1 aliphatic carbocycles. The minimum absolute atomic E-state index is 0.0951. The number of ether oxygens (including phenoxy) is 1. The number of aromatic amines is 1. The summed E-state index contributed by atoms with van der Waals surface area (Å²) in [6.45, 7) is 5.98. The van der Waals surface area contributed by atoms with Gasteiger partial charge >= 0.3 is 12.1 Å². The lowest BCUT2D eigenvalue weighted by molar-refractivity contribution is -0.122. The summed E-state index contributed by atoms with van der Waals surface area (Å²) in [6.07, 6.45) is 6.07. The van der Waals surface area contributed by atoms with Gasteiger partial charge in [-0.3, -0.25) is 9.69 Å². The molecule has 2 aromatic rings. The van der Waals surface area contributed by atoms with E-state index < -0.39 is 23.7 Å². The number of carboxylic acid groups (broad SMARTS) is 1. The van der Waals surface area contributed by atoms with Crippen LogP contribution >= 0.6 is 0 Å². The van der Waals surface area contributed by atoms with Gasteiger partial charge in [-0.05, 0) is 63.3 Å². The zero-order valence-corrected chi connectivity index (χ0v) is 19.5. The van der Waals surface area contributed by atoms with Crippen LogP contribution in [0.5, 0.6) is 0 Å². The van der Waals surface area contributed by atoms with Crippen molar-refractivity contribution < 1.29 is 24.2 Å². The Bertz CT molecular complexity index is 1050. The topological polar surface area (TPSA) is 112 Å². The van der Waals surface area contributed by atoms with E-state index in [1.807, 2.05) is 20.8 Å². The lowest BCUT2D eigenvalue weighted by Crippen LogP contribution is -2.49. The van der Waals surface area contributed by atoms with Crippen LogP contribution < -0.4 is 5.32 Å². The molecule has 2 atom stereocenters. The Kier molecular flexibility index (Phi) is 6.36. The second kappa shape index (κ2) is 9.08. The number of benzene rings is 1. The molecule has 1 saturated heterocycles. The van der Waals surface area contributed by atoms with Crippen LogP contribution in [-0.2, 0) is 9.53 Å². The third kappa shape index (κ3) is 5.15. The van der Waals surface area contributed by atoms with E-state index in [2.05, 4.69) is 10.3 Å². The zero-order chi connectivity index (χ0) is 23.8. The molecule has 33 heavy (non-hydrogen) atoms. The Hall–Kier alpha value is -3.03. The van der Waals surface area contributed by atoms with Crippen LogP contribution in [0.2, 0.25) is 0 Å². The van der Waals surface area contributed by atoms with Crippen molar-refractivity contribution >= 4 is 34.6 Å². The molecule has 0 radical (unpaired) electrons. The Morgan fingerprint density at radius 3 is 2.48 bits per heavy atom. The summed E-state index contributed by atoms with van der Waals surface area (Å²) >= 11 is 0. The molecular weight excluding hydrogens is 422 g/mol. The zero-order valence-electron chi connectivity index (χ0n) is 19.5. The fourth-order valence-corrected chi connectivity index (χ4v) is 5.28. The van der Waals surface area contributed by atoms with E-state index in [-0.39, 0.29) is 17.5 Å². The van der Waals surface area contributed by atoms with Crippen LogP contribution in [0.3, 0.4) is 0 Å². The van der Waals surface area contributed by atoms with Gasteiger partial charge in [0.15, 0.2) is 0 Å². The predicted octanol–water partition coefficient (Wildman–Crippen LogP) is 5.01. The molecule has 178 valence electrons. The first-order chi connectivity index (χ1) is 15.6. The standard InChI is InChI=1S/C25H33N3O5/c1-25(2,3)33-24(32)28-12-11-18(15-7-5-4-6-8-15)21(28)22(29)26-17-9-10-19-16(13-17)14-20(27-19)23(30)31/h9-10,13-15,18,21,27H,4-8,11-12H2,1-3H3,(H,26,29)(H,30,31)/t18-,21+/m0/s1. The maximum atomic E-state index is 13.5. The van der Waals surface area contributed by atoms with Crippen molar-refractivity contribution in [3.8, 4) is 0 Å². The number of likely N-dealkylation sites (tertiary alicyclic amines) is 1. The maximum Gasteiger partial charge on any atom is 0.410 e. The molecule has 1 aromatic heterocycles. The van der Waals surface area contributed by atoms with E-state index in [4.69, 9.17) is 4.74 Å². The first-order valence-electron chi connectivity index (χ1n) is 11.8. The van der Waals surface area contributed by atoms with Gasteiger partial charge < -0.3 is 20.1 Å². The van der Waals surface area contributed by atoms with E-state index in [1.165, 1.54) is 6.42 Å². The molecule has 2 amide bonds. The summed E-state index contributed by atoms with van der Waals surface area (Å²) in [7, 11) is 0. The molecule has 2 aliphatic rings. The largest absolute Gasteiger partial charge is 0.477 e. The maximum absolute atomic E-state index is 13.5. The Morgan fingerprint density at radius 2 is 1.82 bits per heavy atom. The predicted molar refractivity (Wildman–Crippen MR) is 125 cm³/mol. The minimum Gasteiger partial charge on any atom is -0.477 e. The SMILES string of the molecule is CC(C)(C)OC(=O)N1CC[C@@H](C2CCCCC2)[C@@H]1C(=O)Nc1ccc2[nH]c(C(=O)O)cc2c1. The molecule has 8 heteroatoms. The highest BCUT2D eigenvalue weighted by Crippen LogP contribution is 2.40. The van der Waals surface area contributed by atoms with Gasteiger partial charge in [0.05, 0.1) is 0 Å². The fourth-order valence-electron chi connectivity index (χ4n) is 5.28. The number of nitrogens with zero attached hydrogens (tertiary/aromatic N) is 1. The molecule has 0 unspecified atom stereocenters. The number of hydrogen-bond acceptors (Lipinski definition) is 4. The molecular formula is C25H33N3O5. The van der Waals surface area contributed by atoms with Crippen LogP contribution in [0, 0.1) is 11.8 Å². The lowest BCUT2D eigenvalue weighted by Gasteiger charge is -2.34. The van der Waals surface area contributed by atoms with Crippen molar-refractivity contribution in [2.75, 3.05) is 11.9 Å². The first kappa shape index (κ1) is 23.1. The summed E-state index contributed by atoms with van der Waals surface area (Å²) in [6, 6.07) is 6.19. The number of fused-ring (bicyclic) bond motifs is 1. The number of carboxylic acids is 1. The van der Waals surface area contributed by atoms with Gasteiger partial charge in [0.1, 0.15) is 17.3 Å². The van der Waals surface area contributed by atoms with Crippen molar-refractivity contribution in [3.05, 3.63) is 30.0 Å². The number of rotatable bonds is 4. The van der Waals surface area contributed by atoms with Gasteiger partial charge in [-0.1, -0.05) is 32.1 Å². The molecule has 0 bridgehead atoms. The van der Waals surface area contributed by atoms with Crippen LogP contribution in [0.1, 0.15) is 69.8 Å². The van der Waals surface area contributed by atoms with Crippen molar-refractivity contribution in [2.45, 2.75) is 70.9 Å². The van der Waals surface area contributed by atoms with E-state index in [0.717, 1.165) is 32.1 Å². The highest BCUT2D eigenvalue weighted by Gasteiger charge is 2.46. The molecule has 1 aliphatic heterocycles. The van der Waals surface area contributed by atoms with Gasteiger partial charge in [-0.2, -0.15) is 0 Å². The normalized spacial score (nSPS) is 21.8. The van der Waals surface area contributed by atoms with E-state index in [0.29, 0.717) is 29.1 Å². The summed E-state index contributed by atoms with van der Waals surface area (Å²) in [5.74, 6) is -0.729. The fraction of sp³-hybridized carbons (Fsp3) is 0.560. The molecule has 3 N–H and O–H groups in total. The van der Waals surface area contributed by atoms with Gasteiger partial charge in [-0.15, -0.1) is 0 Å². The van der Waals surface area contributed by atoms with E-state index >= 15 is 0 Å². The minimum atomic E-state index is -1.04. The Balaban J connectivity index is 1.57. The molecule has 4 rings (SSSR count). The van der Waals surface area contributed by atoms with Gasteiger partial charge in [0.25, 0.3) is 0 Å². The number of nitrogens with one attached hydrogen (secondary N) is 2. The lowest BCUT2D eigenvalue weighted by atomic mass is 9.76. The molecule has 0 spiro atoms. The summed E-state index contributed by atoms with van der Waals surface area (Å²) < 4.78 is 5.62. The number of hydrogen-bond donors (Lipinski definition) is 3. The molecule has 2 heterocycles. The molecule has 8 nitrogen and oxygen atoms in total. The van der Waals surface area contributed by atoms with Gasteiger partial charge in [-0.25, -0.2) is 9.59 Å². The summed E-state index contributed by atoms with van der Waals surface area (Å²) in [5, 5.41) is 12.9. The number of carbonyl (C=O) groups is 3. The van der Waals surface area contributed by atoms with Crippen LogP contribution in [-0.4, -0.2) is 51.1 Å². The number of amides is 2. The quantitative estimate of drug-likeness (QED) is 0.600. The van der Waals surface area contributed by atoms with Gasteiger partial charge in [0, 0.05) is 23.1 Å². The summed E-state index contributed by atoms with van der Waals surface area (Å²) in [5.41, 5.74) is 0.712. The first-order valence-corrected chi connectivity index (χ1v) is 11.8.